The van der Waals surface area contributed by atoms with Crippen LogP contribution in [0.5, 0.6) is 0 Å². The van der Waals surface area contributed by atoms with Gasteiger partial charge in [0.2, 0.25) is 0 Å². The number of fused-ring (bicyclic) bond motifs is 1. The summed E-state index contributed by atoms with van der Waals surface area (Å²) in [7, 11) is -3.74. The van der Waals surface area contributed by atoms with Crippen molar-refractivity contribution in [2.24, 2.45) is 5.92 Å². The summed E-state index contributed by atoms with van der Waals surface area (Å²) >= 11 is 6.05. The minimum atomic E-state index is -3.74. The molecule has 0 aliphatic carbocycles. The lowest BCUT2D eigenvalue weighted by Gasteiger charge is -2.32. The molecule has 2 atom stereocenters. The minimum Gasteiger partial charge on any atom is -0.396 e. The van der Waals surface area contributed by atoms with Crippen molar-refractivity contribution in [3.8, 4) is 0 Å². The number of aliphatic hydroxyl groups is 1. The van der Waals surface area contributed by atoms with Crippen LogP contribution in [0.1, 0.15) is 12.5 Å². The SMILES string of the molecule is CC(CO)C[N+]1(S(=O)(=O)c2ccccc2)C=Cc2cc(Cl)ccc21. The Balaban J connectivity index is 2.22. The van der Waals surface area contributed by atoms with Crippen LogP contribution >= 0.6 is 11.6 Å². The number of quaternary nitrogens is 1. The molecule has 126 valence electrons. The van der Waals surface area contributed by atoms with Crippen molar-refractivity contribution < 1.29 is 13.5 Å². The Bertz CT molecular complexity index is 880. The molecule has 0 saturated carbocycles. The Labute approximate surface area is 147 Å². The van der Waals surface area contributed by atoms with Crippen molar-refractivity contribution >= 4 is 33.4 Å². The van der Waals surface area contributed by atoms with Crippen LogP contribution in [0.2, 0.25) is 5.02 Å². The Kier molecular flexibility index (Phi) is 4.53. The van der Waals surface area contributed by atoms with Crippen LogP contribution < -0.4 is 3.89 Å². The molecule has 0 fully saturated rings. The largest absolute Gasteiger partial charge is 0.396 e. The lowest BCUT2D eigenvalue weighted by Crippen LogP contribution is -2.51. The van der Waals surface area contributed by atoms with Crippen molar-refractivity contribution in [1.82, 2.24) is 3.89 Å². The second-order valence-corrected chi connectivity index (χ2v) is 8.58. The van der Waals surface area contributed by atoms with Crippen molar-refractivity contribution in [2.75, 3.05) is 13.2 Å². The van der Waals surface area contributed by atoms with Gasteiger partial charge in [0.1, 0.15) is 17.6 Å². The highest BCUT2D eigenvalue weighted by atomic mass is 35.5. The van der Waals surface area contributed by atoms with Gasteiger partial charge in [-0.1, -0.05) is 36.7 Å². The van der Waals surface area contributed by atoms with Gasteiger partial charge in [-0.15, -0.1) is 0 Å². The first-order valence-electron chi connectivity index (χ1n) is 7.69. The third-order valence-electron chi connectivity index (χ3n) is 4.26. The van der Waals surface area contributed by atoms with Gasteiger partial charge >= 0.3 is 10.0 Å². The highest BCUT2D eigenvalue weighted by molar-refractivity contribution is 7.91. The maximum atomic E-state index is 13.5. The summed E-state index contributed by atoms with van der Waals surface area (Å²) < 4.78 is 26.6. The summed E-state index contributed by atoms with van der Waals surface area (Å²) in [5.74, 6) is -0.185. The van der Waals surface area contributed by atoms with E-state index in [0.717, 1.165) is 5.56 Å². The molecule has 0 aromatic heterocycles. The van der Waals surface area contributed by atoms with Gasteiger partial charge in [0, 0.05) is 28.6 Å². The van der Waals surface area contributed by atoms with E-state index >= 15 is 0 Å². The van der Waals surface area contributed by atoms with Crippen molar-refractivity contribution in [1.29, 1.82) is 0 Å². The quantitative estimate of drug-likeness (QED) is 0.824. The smallest absolute Gasteiger partial charge is 0.336 e. The molecule has 0 spiro atoms. The lowest BCUT2D eigenvalue weighted by atomic mass is 10.1. The van der Waals surface area contributed by atoms with Crippen LogP contribution in [-0.2, 0) is 10.0 Å². The fourth-order valence-electron chi connectivity index (χ4n) is 3.05. The number of hydrogen-bond acceptors (Lipinski definition) is 3. The molecule has 6 heteroatoms. The zero-order chi connectivity index (χ0) is 17.4. The van der Waals surface area contributed by atoms with Crippen LogP contribution in [0.4, 0.5) is 5.69 Å². The molecule has 0 radical (unpaired) electrons. The zero-order valence-electron chi connectivity index (χ0n) is 13.3. The van der Waals surface area contributed by atoms with Gasteiger partial charge in [0.15, 0.2) is 5.69 Å². The molecular formula is C18H19ClNO3S+. The van der Waals surface area contributed by atoms with Crippen LogP contribution in [0.3, 0.4) is 0 Å². The maximum absolute atomic E-state index is 13.5. The second-order valence-electron chi connectivity index (χ2n) is 6.07. The molecule has 1 aliphatic rings. The van der Waals surface area contributed by atoms with Crippen LogP contribution in [-0.4, -0.2) is 26.7 Å². The number of rotatable bonds is 5. The molecule has 3 rings (SSSR count). The van der Waals surface area contributed by atoms with Crippen LogP contribution in [0.15, 0.2) is 59.6 Å². The van der Waals surface area contributed by atoms with E-state index in [4.69, 9.17) is 11.6 Å². The monoisotopic (exact) mass is 364 g/mol. The zero-order valence-corrected chi connectivity index (χ0v) is 14.8. The van der Waals surface area contributed by atoms with Crippen molar-refractivity contribution in [3.05, 3.63) is 65.3 Å². The topological polar surface area (TPSA) is 54.4 Å². The first kappa shape index (κ1) is 17.2. The predicted molar refractivity (Wildman–Crippen MR) is 97.0 cm³/mol. The predicted octanol–water partition coefficient (Wildman–Crippen LogP) is 3.65. The van der Waals surface area contributed by atoms with E-state index in [9.17, 15) is 13.5 Å². The van der Waals surface area contributed by atoms with E-state index in [1.165, 1.54) is 0 Å². The average Bonchev–Trinajstić information content (AvgIpc) is 2.94. The van der Waals surface area contributed by atoms with Gasteiger partial charge in [-0.05, 0) is 24.3 Å². The maximum Gasteiger partial charge on any atom is 0.336 e. The van der Waals surface area contributed by atoms with Gasteiger partial charge in [0.05, 0.1) is 6.61 Å². The van der Waals surface area contributed by atoms with E-state index in [1.807, 2.05) is 6.92 Å². The number of sulfonamides is 1. The van der Waals surface area contributed by atoms with Crippen LogP contribution in [0.25, 0.3) is 6.08 Å². The number of hydrogen-bond donors (Lipinski definition) is 1. The van der Waals surface area contributed by atoms with Gasteiger partial charge < -0.3 is 5.11 Å². The molecule has 1 heterocycles. The molecule has 0 saturated heterocycles. The van der Waals surface area contributed by atoms with E-state index in [2.05, 4.69) is 0 Å². The summed E-state index contributed by atoms with van der Waals surface area (Å²) in [5.41, 5.74) is 1.44. The van der Waals surface area contributed by atoms with E-state index in [1.54, 1.807) is 60.8 Å². The number of nitrogens with zero attached hydrogens (tertiary/aromatic N) is 1. The summed E-state index contributed by atoms with van der Waals surface area (Å²) in [6, 6.07) is 13.6. The minimum absolute atomic E-state index is 0.0823. The standard InChI is InChI=1S/C18H19ClNO3S/c1-14(13-21)12-20(24(22,23)17-5-3-2-4-6-17)10-9-15-11-16(19)7-8-18(15)20/h2-11,14,21H,12-13H2,1H3/q+1. The van der Waals surface area contributed by atoms with E-state index in [-0.39, 0.29) is 27.9 Å². The molecule has 0 bridgehead atoms. The molecule has 2 aromatic carbocycles. The third-order valence-corrected chi connectivity index (χ3v) is 6.69. The van der Waals surface area contributed by atoms with Crippen molar-refractivity contribution in [2.45, 2.75) is 11.8 Å². The highest BCUT2D eigenvalue weighted by Gasteiger charge is 2.48. The summed E-state index contributed by atoms with van der Waals surface area (Å²) in [6.45, 7) is 2.00. The molecule has 2 aromatic rings. The van der Waals surface area contributed by atoms with Gasteiger partial charge in [0.25, 0.3) is 0 Å². The summed E-state index contributed by atoms with van der Waals surface area (Å²) in [4.78, 5) is 0.252. The Morgan fingerprint density at radius 3 is 2.54 bits per heavy atom. The molecule has 1 N–H and O–H groups in total. The molecule has 4 nitrogen and oxygen atoms in total. The molecule has 2 unspecified atom stereocenters. The van der Waals surface area contributed by atoms with Crippen molar-refractivity contribution in [3.63, 3.8) is 0 Å². The third kappa shape index (κ3) is 2.67. The Morgan fingerprint density at radius 2 is 1.88 bits per heavy atom. The van der Waals surface area contributed by atoms with Gasteiger partial charge in [-0.2, -0.15) is 12.3 Å². The first-order chi connectivity index (χ1) is 11.4. The summed E-state index contributed by atoms with van der Waals surface area (Å²) in [5, 5.41) is 10.0. The van der Waals surface area contributed by atoms with Gasteiger partial charge in [-0.25, -0.2) is 0 Å². The second kappa shape index (κ2) is 6.33. The fourth-order valence-corrected chi connectivity index (χ4v) is 5.21. The van der Waals surface area contributed by atoms with Crippen LogP contribution in [0, 0.1) is 5.92 Å². The lowest BCUT2D eigenvalue weighted by molar-refractivity contribution is 0.224. The highest BCUT2D eigenvalue weighted by Crippen LogP contribution is 2.42. The first-order valence-corrected chi connectivity index (χ1v) is 9.51. The van der Waals surface area contributed by atoms with Gasteiger partial charge in [-0.3, -0.25) is 0 Å². The average molecular weight is 365 g/mol. The fraction of sp³-hybridized carbons (Fsp3) is 0.222. The molecule has 0 amide bonds. The molecular weight excluding hydrogens is 346 g/mol. The number of aliphatic hydroxyl groups excluding tert-OH is 1. The Hall–Kier alpha value is -1.66. The number of benzene rings is 2. The van der Waals surface area contributed by atoms with E-state index < -0.39 is 10.0 Å². The van der Waals surface area contributed by atoms with E-state index in [0.29, 0.717) is 10.7 Å². The number of halogens is 1. The normalized spacial score (nSPS) is 20.8. The summed E-state index contributed by atoms with van der Waals surface area (Å²) in [6.07, 6.45) is 3.46. The molecule has 1 aliphatic heterocycles. The molecule has 24 heavy (non-hydrogen) atoms. The Morgan fingerprint density at radius 1 is 1.17 bits per heavy atom.